The van der Waals surface area contributed by atoms with Crippen LogP contribution in [0.2, 0.25) is 0 Å². The summed E-state index contributed by atoms with van der Waals surface area (Å²) in [5.41, 5.74) is 6.37. The first-order valence-electron chi connectivity index (χ1n) is 9.56. The number of hydrogen-bond donors (Lipinski definition) is 2. The quantitative estimate of drug-likeness (QED) is 0.335. The highest BCUT2D eigenvalue weighted by molar-refractivity contribution is 5.96. The zero-order valence-electron chi connectivity index (χ0n) is 16.8. The average molecular weight is 433 g/mol. The second kappa shape index (κ2) is 10.5. The SMILES string of the molecule is O=C(COC(=O)c1ccccc1Cc1ccccc1)NNC(=O)c1ccc([N+](=O)[O-])cc1. The van der Waals surface area contributed by atoms with Crippen molar-refractivity contribution in [2.75, 3.05) is 6.61 Å². The molecule has 0 saturated heterocycles. The van der Waals surface area contributed by atoms with Crippen molar-refractivity contribution in [3.05, 3.63) is 111 Å². The van der Waals surface area contributed by atoms with Crippen LogP contribution in [0, 0.1) is 10.1 Å². The first kappa shape index (κ1) is 22.2. The molecule has 2 N–H and O–H groups in total. The lowest BCUT2D eigenvalue weighted by Crippen LogP contribution is -2.43. The maximum atomic E-state index is 12.5. The normalized spacial score (nSPS) is 10.1. The topological polar surface area (TPSA) is 128 Å². The second-order valence-electron chi connectivity index (χ2n) is 6.70. The van der Waals surface area contributed by atoms with Crippen molar-refractivity contribution in [1.29, 1.82) is 0 Å². The molecule has 0 radical (unpaired) electrons. The number of nitro groups is 1. The summed E-state index contributed by atoms with van der Waals surface area (Å²) in [6, 6.07) is 21.4. The smallest absolute Gasteiger partial charge is 0.338 e. The van der Waals surface area contributed by atoms with Gasteiger partial charge in [0.25, 0.3) is 17.5 Å². The maximum Gasteiger partial charge on any atom is 0.338 e. The van der Waals surface area contributed by atoms with Gasteiger partial charge in [0, 0.05) is 17.7 Å². The van der Waals surface area contributed by atoms with Gasteiger partial charge in [-0.05, 0) is 35.7 Å². The third-order valence-electron chi connectivity index (χ3n) is 4.46. The lowest BCUT2D eigenvalue weighted by molar-refractivity contribution is -0.384. The molecule has 0 heterocycles. The van der Waals surface area contributed by atoms with E-state index in [1.54, 1.807) is 12.1 Å². The van der Waals surface area contributed by atoms with E-state index in [-0.39, 0.29) is 11.3 Å². The second-order valence-corrected chi connectivity index (χ2v) is 6.70. The van der Waals surface area contributed by atoms with Crippen LogP contribution in [0.4, 0.5) is 5.69 Å². The van der Waals surface area contributed by atoms with E-state index in [0.717, 1.165) is 11.1 Å². The lowest BCUT2D eigenvalue weighted by Gasteiger charge is -2.11. The average Bonchev–Trinajstić information content (AvgIpc) is 2.82. The molecule has 0 bridgehead atoms. The van der Waals surface area contributed by atoms with Crippen LogP contribution in [0.1, 0.15) is 31.8 Å². The summed E-state index contributed by atoms with van der Waals surface area (Å²) in [6.07, 6.45) is 0.531. The van der Waals surface area contributed by atoms with E-state index in [1.807, 2.05) is 42.5 Å². The first-order valence-corrected chi connectivity index (χ1v) is 9.56. The number of hydrogen-bond acceptors (Lipinski definition) is 6. The molecule has 3 aromatic rings. The molecule has 3 rings (SSSR count). The number of hydrazine groups is 1. The fourth-order valence-corrected chi connectivity index (χ4v) is 2.87. The van der Waals surface area contributed by atoms with Crippen LogP contribution in [0.5, 0.6) is 0 Å². The van der Waals surface area contributed by atoms with Gasteiger partial charge in [0.2, 0.25) is 0 Å². The molecular weight excluding hydrogens is 414 g/mol. The standard InChI is InChI=1S/C23H19N3O6/c27-21(24-25-22(28)17-10-12-19(13-11-17)26(30)31)15-32-23(29)20-9-5-4-8-18(20)14-16-6-2-1-3-7-16/h1-13H,14-15H2,(H,24,27)(H,25,28). The number of carbonyl (C=O) groups is 3. The Morgan fingerprint density at radius 1 is 0.844 bits per heavy atom. The number of amides is 2. The van der Waals surface area contributed by atoms with Gasteiger partial charge in [-0.3, -0.25) is 30.6 Å². The highest BCUT2D eigenvalue weighted by Gasteiger charge is 2.15. The number of ether oxygens (including phenoxy) is 1. The van der Waals surface area contributed by atoms with Crippen LogP contribution < -0.4 is 10.9 Å². The summed E-state index contributed by atoms with van der Waals surface area (Å²) < 4.78 is 5.07. The molecule has 0 atom stereocenters. The minimum absolute atomic E-state index is 0.114. The van der Waals surface area contributed by atoms with E-state index in [9.17, 15) is 24.5 Å². The Kier molecular flexibility index (Phi) is 7.26. The minimum atomic E-state index is -0.742. The van der Waals surface area contributed by atoms with Crippen molar-refractivity contribution < 1.29 is 24.0 Å². The lowest BCUT2D eigenvalue weighted by atomic mass is 10.00. The molecular formula is C23H19N3O6. The molecule has 0 saturated carbocycles. The Bertz CT molecular complexity index is 1130. The fraction of sp³-hybridized carbons (Fsp3) is 0.0870. The van der Waals surface area contributed by atoms with E-state index in [4.69, 9.17) is 4.74 Å². The zero-order valence-corrected chi connectivity index (χ0v) is 16.8. The van der Waals surface area contributed by atoms with Crippen LogP contribution in [0.25, 0.3) is 0 Å². The van der Waals surface area contributed by atoms with Crippen molar-refractivity contribution in [3.63, 3.8) is 0 Å². The van der Waals surface area contributed by atoms with Crippen molar-refractivity contribution in [3.8, 4) is 0 Å². The molecule has 0 spiro atoms. The van der Waals surface area contributed by atoms with Crippen LogP contribution in [0.15, 0.2) is 78.9 Å². The van der Waals surface area contributed by atoms with Crippen LogP contribution in [-0.4, -0.2) is 29.3 Å². The third-order valence-corrected chi connectivity index (χ3v) is 4.46. The molecule has 9 nitrogen and oxygen atoms in total. The van der Waals surface area contributed by atoms with Crippen LogP contribution >= 0.6 is 0 Å². The Labute approximate surface area is 183 Å². The highest BCUT2D eigenvalue weighted by Crippen LogP contribution is 2.15. The summed E-state index contributed by atoms with van der Waals surface area (Å²) in [7, 11) is 0. The number of non-ortho nitro benzene ring substituents is 1. The van der Waals surface area contributed by atoms with Crippen molar-refractivity contribution in [1.82, 2.24) is 10.9 Å². The monoisotopic (exact) mass is 433 g/mol. The van der Waals surface area contributed by atoms with E-state index in [2.05, 4.69) is 10.9 Å². The molecule has 0 fully saturated rings. The van der Waals surface area contributed by atoms with Gasteiger partial charge in [0.1, 0.15) is 0 Å². The van der Waals surface area contributed by atoms with Gasteiger partial charge in [0.15, 0.2) is 6.61 Å². The zero-order chi connectivity index (χ0) is 22.9. The predicted molar refractivity (Wildman–Crippen MR) is 115 cm³/mol. The van der Waals surface area contributed by atoms with Crippen molar-refractivity contribution in [2.45, 2.75) is 6.42 Å². The van der Waals surface area contributed by atoms with E-state index < -0.39 is 29.3 Å². The summed E-state index contributed by atoms with van der Waals surface area (Å²) in [5.74, 6) is -2.07. The van der Waals surface area contributed by atoms with Gasteiger partial charge < -0.3 is 4.74 Å². The molecule has 0 aliphatic carbocycles. The Hall–Kier alpha value is -4.53. The number of nitrogens with one attached hydrogen (secondary N) is 2. The van der Waals surface area contributed by atoms with E-state index in [1.165, 1.54) is 24.3 Å². The van der Waals surface area contributed by atoms with Gasteiger partial charge in [0.05, 0.1) is 10.5 Å². The van der Waals surface area contributed by atoms with Gasteiger partial charge >= 0.3 is 5.97 Å². The molecule has 2 amide bonds. The number of carbonyl (C=O) groups excluding carboxylic acids is 3. The molecule has 0 aliphatic heterocycles. The number of esters is 1. The van der Waals surface area contributed by atoms with Gasteiger partial charge in [-0.25, -0.2) is 4.79 Å². The Morgan fingerprint density at radius 3 is 2.19 bits per heavy atom. The Morgan fingerprint density at radius 2 is 1.50 bits per heavy atom. The van der Waals surface area contributed by atoms with E-state index in [0.29, 0.717) is 12.0 Å². The molecule has 32 heavy (non-hydrogen) atoms. The van der Waals surface area contributed by atoms with Crippen molar-refractivity contribution in [2.24, 2.45) is 0 Å². The fourth-order valence-electron chi connectivity index (χ4n) is 2.87. The number of nitrogens with zero attached hydrogens (tertiary/aromatic N) is 1. The number of benzene rings is 3. The van der Waals surface area contributed by atoms with Crippen molar-refractivity contribution >= 4 is 23.5 Å². The predicted octanol–water partition coefficient (Wildman–Crippen LogP) is 2.80. The van der Waals surface area contributed by atoms with Crippen LogP contribution in [0.3, 0.4) is 0 Å². The third kappa shape index (κ3) is 5.99. The molecule has 9 heteroatoms. The largest absolute Gasteiger partial charge is 0.452 e. The summed E-state index contributed by atoms with van der Waals surface area (Å²) in [6.45, 7) is -0.598. The summed E-state index contributed by atoms with van der Waals surface area (Å²) in [5, 5.41) is 10.6. The molecule has 162 valence electrons. The minimum Gasteiger partial charge on any atom is -0.452 e. The Balaban J connectivity index is 1.51. The highest BCUT2D eigenvalue weighted by atomic mass is 16.6. The number of nitro benzene ring substituents is 1. The summed E-state index contributed by atoms with van der Waals surface area (Å²) in [4.78, 5) is 46.5. The van der Waals surface area contributed by atoms with Gasteiger partial charge in [-0.2, -0.15) is 0 Å². The molecule has 0 aromatic heterocycles. The first-order chi connectivity index (χ1) is 15.4. The number of rotatable bonds is 7. The van der Waals surface area contributed by atoms with Gasteiger partial charge in [-0.1, -0.05) is 48.5 Å². The summed E-state index contributed by atoms with van der Waals surface area (Å²) >= 11 is 0. The molecule has 0 aliphatic rings. The maximum absolute atomic E-state index is 12.5. The van der Waals surface area contributed by atoms with Crippen LogP contribution in [-0.2, 0) is 16.0 Å². The van der Waals surface area contributed by atoms with E-state index >= 15 is 0 Å². The molecule has 0 unspecified atom stereocenters. The van der Waals surface area contributed by atoms with Gasteiger partial charge in [-0.15, -0.1) is 0 Å². The molecule has 3 aromatic carbocycles.